The number of aryl methyl sites for hydroxylation is 1. The molecule has 1 saturated heterocycles. The largest absolute Gasteiger partial charge is 0.334 e. The van der Waals surface area contributed by atoms with Crippen molar-refractivity contribution in [3.05, 3.63) is 18.2 Å². The third-order valence-corrected chi connectivity index (χ3v) is 4.52. The summed E-state index contributed by atoms with van der Waals surface area (Å²) in [5.74, 6) is 0.889. The van der Waals surface area contributed by atoms with Crippen molar-refractivity contribution in [2.75, 3.05) is 19.6 Å². The normalized spacial score (nSPS) is 21.2. The lowest BCUT2D eigenvalue weighted by atomic mass is 9.97. The molecule has 1 aromatic rings. The zero-order valence-electron chi connectivity index (χ0n) is 12.0. The topological polar surface area (TPSA) is 33.1 Å². The van der Waals surface area contributed by atoms with Crippen LogP contribution in [-0.4, -0.2) is 40.1 Å². The lowest BCUT2D eigenvalue weighted by molar-refractivity contribution is 0.186. The molecular weight excluding hydrogens is 236 g/mol. The SMILES string of the molecule is CCn1cncc1CN(CC1CCNCC1)C1CC1. The summed E-state index contributed by atoms with van der Waals surface area (Å²) in [4.78, 5) is 7.01. The molecule has 0 aromatic carbocycles. The number of nitrogens with one attached hydrogen (secondary N) is 1. The van der Waals surface area contributed by atoms with Gasteiger partial charge in [0, 0.05) is 31.9 Å². The Labute approximate surface area is 116 Å². The molecule has 4 nitrogen and oxygen atoms in total. The van der Waals surface area contributed by atoms with Gasteiger partial charge in [-0.2, -0.15) is 0 Å². The van der Waals surface area contributed by atoms with Crippen LogP contribution in [0.1, 0.15) is 38.3 Å². The average molecular weight is 262 g/mol. The number of nitrogens with zero attached hydrogens (tertiary/aromatic N) is 3. The van der Waals surface area contributed by atoms with E-state index in [-0.39, 0.29) is 0 Å². The summed E-state index contributed by atoms with van der Waals surface area (Å²) >= 11 is 0. The van der Waals surface area contributed by atoms with Gasteiger partial charge in [0.15, 0.2) is 0 Å². The molecule has 0 unspecified atom stereocenters. The van der Waals surface area contributed by atoms with Gasteiger partial charge in [-0.15, -0.1) is 0 Å². The molecule has 0 radical (unpaired) electrons. The Balaban J connectivity index is 1.60. The number of aromatic nitrogens is 2. The zero-order valence-corrected chi connectivity index (χ0v) is 12.0. The molecule has 19 heavy (non-hydrogen) atoms. The molecular formula is C15H26N4. The summed E-state index contributed by atoms with van der Waals surface area (Å²) in [6, 6.07) is 0.843. The maximum Gasteiger partial charge on any atom is 0.0948 e. The first-order chi connectivity index (χ1) is 9.36. The lowest BCUT2D eigenvalue weighted by Crippen LogP contribution is -2.37. The van der Waals surface area contributed by atoms with E-state index in [0.29, 0.717) is 0 Å². The first kappa shape index (κ1) is 13.1. The van der Waals surface area contributed by atoms with Crippen LogP contribution in [0.2, 0.25) is 0 Å². The molecule has 4 heteroatoms. The fraction of sp³-hybridized carbons (Fsp3) is 0.800. The minimum Gasteiger partial charge on any atom is -0.334 e. The lowest BCUT2D eigenvalue weighted by Gasteiger charge is -2.30. The van der Waals surface area contributed by atoms with E-state index in [1.807, 2.05) is 12.5 Å². The molecule has 1 aromatic heterocycles. The molecule has 106 valence electrons. The third kappa shape index (κ3) is 3.37. The highest BCUT2D eigenvalue weighted by molar-refractivity contribution is 5.00. The van der Waals surface area contributed by atoms with E-state index in [9.17, 15) is 0 Å². The van der Waals surface area contributed by atoms with Crippen molar-refractivity contribution in [2.45, 2.75) is 51.7 Å². The molecule has 2 heterocycles. The second-order valence-corrected chi connectivity index (χ2v) is 6.02. The number of hydrogen-bond donors (Lipinski definition) is 1. The fourth-order valence-corrected chi connectivity index (χ4v) is 3.15. The molecule has 2 aliphatic rings. The molecule has 3 rings (SSSR count). The summed E-state index contributed by atoms with van der Waals surface area (Å²) in [6.45, 7) is 8.00. The van der Waals surface area contributed by atoms with E-state index in [2.05, 4.69) is 26.7 Å². The summed E-state index contributed by atoms with van der Waals surface area (Å²) < 4.78 is 2.28. The number of hydrogen-bond acceptors (Lipinski definition) is 3. The van der Waals surface area contributed by atoms with Gasteiger partial charge in [0.2, 0.25) is 0 Å². The molecule has 0 atom stereocenters. The van der Waals surface area contributed by atoms with Gasteiger partial charge in [0.25, 0.3) is 0 Å². The van der Waals surface area contributed by atoms with E-state index in [1.54, 1.807) is 0 Å². The van der Waals surface area contributed by atoms with Crippen molar-refractivity contribution in [1.82, 2.24) is 19.8 Å². The highest BCUT2D eigenvalue weighted by Crippen LogP contribution is 2.30. The van der Waals surface area contributed by atoms with E-state index in [0.717, 1.165) is 25.0 Å². The molecule has 0 bridgehead atoms. The quantitative estimate of drug-likeness (QED) is 0.849. The smallest absolute Gasteiger partial charge is 0.0948 e. The van der Waals surface area contributed by atoms with Gasteiger partial charge in [-0.05, 0) is 51.6 Å². The van der Waals surface area contributed by atoms with Crippen molar-refractivity contribution in [3.63, 3.8) is 0 Å². The van der Waals surface area contributed by atoms with E-state index in [4.69, 9.17) is 0 Å². The van der Waals surface area contributed by atoms with Gasteiger partial charge in [-0.25, -0.2) is 4.98 Å². The van der Waals surface area contributed by atoms with Crippen LogP contribution in [0.15, 0.2) is 12.5 Å². The monoisotopic (exact) mass is 262 g/mol. The van der Waals surface area contributed by atoms with Crippen LogP contribution in [0.5, 0.6) is 0 Å². The van der Waals surface area contributed by atoms with E-state index >= 15 is 0 Å². The first-order valence-corrected chi connectivity index (χ1v) is 7.80. The Bertz CT molecular complexity index is 391. The molecule has 2 fully saturated rings. The van der Waals surface area contributed by atoms with Crippen LogP contribution in [0.3, 0.4) is 0 Å². The van der Waals surface area contributed by atoms with Gasteiger partial charge < -0.3 is 9.88 Å². The van der Waals surface area contributed by atoms with Crippen molar-refractivity contribution in [1.29, 1.82) is 0 Å². The van der Waals surface area contributed by atoms with Crippen LogP contribution < -0.4 is 5.32 Å². The Kier molecular flexibility index (Phi) is 4.18. The number of rotatable bonds is 6. The summed E-state index contributed by atoms with van der Waals surface area (Å²) in [6.07, 6.45) is 9.48. The van der Waals surface area contributed by atoms with Crippen LogP contribution in [0.25, 0.3) is 0 Å². The minimum absolute atomic E-state index is 0.843. The summed E-state index contributed by atoms with van der Waals surface area (Å²) in [7, 11) is 0. The van der Waals surface area contributed by atoms with Gasteiger partial charge in [-0.1, -0.05) is 0 Å². The van der Waals surface area contributed by atoms with Crippen molar-refractivity contribution < 1.29 is 0 Å². The first-order valence-electron chi connectivity index (χ1n) is 7.80. The molecule has 1 aliphatic heterocycles. The molecule has 1 aliphatic carbocycles. The summed E-state index contributed by atoms with van der Waals surface area (Å²) in [5.41, 5.74) is 1.38. The minimum atomic E-state index is 0.843. The van der Waals surface area contributed by atoms with Gasteiger partial charge in [0.1, 0.15) is 0 Å². The Morgan fingerprint density at radius 1 is 1.32 bits per heavy atom. The molecule has 0 amide bonds. The predicted octanol–water partition coefficient (Wildman–Crippen LogP) is 1.87. The number of imidazole rings is 1. The maximum absolute atomic E-state index is 4.30. The second-order valence-electron chi connectivity index (χ2n) is 6.02. The van der Waals surface area contributed by atoms with Crippen LogP contribution >= 0.6 is 0 Å². The van der Waals surface area contributed by atoms with Crippen LogP contribution in [-0.2, 0) is 13.1 Å². The molecule has 1 saturated carbocycles. The zero-order chi connectivity index (χ0) is 13.1. The number of piperidine rings is 1. The highest BCUT2D eigenvalue weighted by Gasteiger charge is 2.31. The van der Waals surface area contributed by atoms with E-state index < -0.39 is 0 Å². The fourth-order valence-electron chi connectivity index (χ4n) is 3.15. The van der Waals surface area contributed by atoms with Crippen molar-refractivity contribution in [2.24, 2.45) is 5.92 Å². The highest BCUT2D eigenvalue weighted by atomic mass is 15.2. The molecule has 0 spiro atoms. The maximum atomic E-state index is 4.30. The average Bonchev–Trinajstić information content (AvgIpc) is 3.20. The predicted molar refractivity (Wildman–Crippen MR) is 76.9 cm³/mol. The Hall–Kier alpha value is -0.870. The standard InChI is InChI=1S/C15H26N4/c1-2-18-12-17-9-15(18)11-19(14-3-4-14)10-13-5-7-16-8-6-13/h9,12-14,16H,2-8,10-11H2,1H3. The van der Waals surface area contributed by atoms with Crippen molar-refractivity contribution in [3.8, 4) is 0 Å². The Morgan fingerprint density at radius 2 is 2.11 bits per heavy atom. The second kappa shape index (κ2) is 6.06. The summed E-state index contributed by atoms with van der Waals surface area (Å²) in [5, 5.41) is 3.46. The molecule has 1 N–H and O–H groups in total. The van der Waals surface area contributed by atoms with Crippen LogP contribution in [0.4, 0.5) is 0 Å². The van der Waals surface area contributed by atoms with Gasteiger partial charge >= 0.3 is 0 Å². The van der Waals surface area contributed by atoms with Crippen LogP contribution in [0, 0.1) is 5.92 Å². The van der Waals surface area contributed by atoms with Crippen molar-refractivity contribution >= 4 is 0 Å². The Morgan fingerprint density at radius 3 is 2.79 bits per heavy atom. The van der Waals surface area contributed by atoms with E-state index in [1.165, 1.54) is 51.0 Å². The third-order valence-electron chi connectivity index (χ3n) is 4.52. The van der Waals surface area contributed by atoms with Gasteiger partial charge in [0.05, 0.1) is 12.0 Å². The van der Waals surface area contributed by atoms with Gasteiger partial charge in [-0.3, -0.25) is 4.90 Å².